The fourth-order valence-corrected chi connectivity index (χ4v) is 4.32. The Morgan fingerprint density at radius 2 is 2.00 bits per heavy atom. The van der Waals surface area contributed by atoms with Gasteiger partial charge < -0.3 is 14.7 Å². The van der Waals surface area contributed by atoms with E-state index in [2.05, 4.69) is 0 Å². The second-order valence-corrected chi connectivity index (χ2v) is 8.04. The molecule has 9 heteroatoms. The molecule has 1 amide bonds. The van der Waals surface area contributed by atoms with E-state index < -0.39 is 21.9 Å². The van der Waals surface area contributed by atoms with Crippen LogP contribution in [0.25, 0.3) is 0 Å². The van der Waals surface area contributed by atoms with Crippen molar-refractivity contribution in [1.29, 1.82) is 0 Å². The van der Waals surface area contributed by atoms with Crippen molar-refractivity contribution >= 4 is 21.9 Å². The minimum Gasteiger partial charge on any atom is -0.496 e. The Bertz CT molecular complexity index is 775. The zero-order valence-corrected chi connectivity index (χ0v) is 15.2. The maximum absolute atomic E-state index is 12.9. The number of aliphatic carboxylic acids is 1. The third-order valence-electron chi connectivity index (χ3n) is 4.18. The van der Waals surface area contributed by atoms with Crippen molar-refractivity contribution in [3.63, 3.8) is 0 Å². The summed E-state index contributed by atoms with van der Waals surface area (Å²) in [7, 11) is 0.630. The van der Waals surface area contributed by atoms with Gasteiger partial charge in [0.25, 0.3) is 5.91 Å². The van der Waals surface area contributed by atoms with E-state index in [9.17, 15) is 18.0 Å². The van der Waals surface area contributed by atoms with E-state index in [1.165, 1.54) is 34.5 Å². The highest BCUT2D eigenvalue weighted by Gasteiger charge is 2.34. The lowest BCUT2D eigenvalue weighted by molar-refractivity contribution is -0.142. The molecular formula is C16H22N2O6S. The third kappa shape index (κ3) is 3.93. The van der Waals surface area contributed by atoms with Crippen LogP contribution >= 0.6 is 0 Å². The number of hydrogen-bond donors (Lipinski definition) is 1. The first kappa shape index (κ1) is 19.2. The topological polar surface area (TPSA) is 104 Å². The normalized spacial score (nSPS) is 18.6. The van der Waals surface area contributed by atoms with Crippen molar-refractivity contribution in [1.82, 2.24) is 9.21 Å². The first-order valence-corrected chi connectivity index (χ1v) is 9.25. The van der Waals surface area contributed by atoms with Gasteiger partial charge in [-0.2, -0.15) is 4.31 Å². The van der Waals surface area contributed by atoms with Crippen LogP contribution in [0.5, 0.6) is 5.75 Å². The number of piperidine rings is 1. The molecule has 1 aliphatic rings. The summed E-state index contributed by atoms with van der Waals surface area (Å²) in [5.74, 6) is -1.82. The molecule has 1 heterocycles. The van der Waals surface area contributed by atoms with Crippen LogP contribution in [-0.4, -0.2) is 68.9 Å². The van der Waals surface area contributed by atoms with Crippen LogP contribution in [0.3, 0.4) is 0 Å². The van der Waals surface area contributed by atoms with Crippen LogP contribution in [-0.2, 0) is 14.8 Å². The van der Waals surface area contributed by atoms with E-state index >= 15 is 0 Å². The summed E-state index contributed by atoms with van der Waals surface area (Å²) in [6.45, 7) is 0.190. The average Bonchev–Trinajstić information content (AvgIpc) is 2.60. The number of carboxylic acid groups (broad SMARTS) is 1. The molecule has 1 aromatic rings. The number of carbonyl (C=O) groups is 2. The van der Waals surface area contributed by atoms with Crippen LogP contribution in [0.15, 0.2) is 23.1 Å². The third-order valence-corrected chi connectivity index (χ3v) is 6.04. The van der Waals surface area contributed by atoms with E-state index in [-0.39, 0.29) is 35.2 Å². The predicted molar refractivity (Wildman–Crippen MR) is 90.1 cm³/mol. The van der Waals surface area contributed by atoms with Crippen molar-refractivity contribution in [2.24, 2.45) is 5.92 Å². The molecule has 1 unspecified atom stereocenters. The number of sulfonamides is 1. The number of amides is 1. The van der Waals surface area contributed by atoms with Gasteiger partial charge in [-0.1, -0.05) is 0 Å². The highest BCUT2D eigenvalue weighted by atomic mass is 32.2. The number of carbonyl (C=O) groups excluding carboxylic acids is 1. The Morgan fingerprint density at radius 3 is 2.56 bits per heavy atom. The van der Waals surface area contributed by atoms with Crippen LogP contribution < -0.4 is 4.74 Å². The van der Waals surface area contributed by atoms with Gasteiger partial charge in [0.2, 0.25) is 10.0 Å². The number of methoxy groups -OCH3 is 1. The maximum atomic E-state index is 12.9. The molecule has 0 aliphatic carbocycles. The molecule has 1 saturated heterocycles. The van der Waals surface area contributed by atoms with E-state index in [1.807, 2.05) is 0 Å². The highest BCUT2D eigenvalue weighted by Crippen LogP contribution is 2.28. The fraction of sp³-hybridized carbons (Fsp3) is 0.500. The van der Waals surface area contributed by atoms with Gasteiger partial charge in [0, 0.05) is 27.2 Å². The molecule has 1 N–H and O–H groups in total. The van der Waals surface area contributed by atoms with E-state index in [1.54, 1.807) is 14.1 Å². The summed E-state index contributed by atoms with van der Waals surface area (Å²) in [4.78, 5) is 24.7. The second kappa shape index (κ2) is 7.40. The van der Waals surface area contributed by atoms with Crippen molar-refractivity contribution < 1.29 is 27.9 Å². The molecule has 25 heavy (non-hydrogen) atoms. The van der Waals surface area contributed by atoms with E-state index in [0.717, 1.165) is 0 Å². The number of hydrogen-bond acceptors (Lipinski definition) is 5. The minimum atomic E-state index is -3.89. The zero-order chi connectivity index (χ0) is 18.8. The van der Waals surface area contributed by atoms with Crippen molar-refractivity contribution in [3.8, 4) is 5.75 Å². The van der Waals surface area contributed by atoms with Gasteiger partial charge in [-0.15, -0.1) is 0 Å². The number of nitrogens with zero attached hydrogens (tertiary/aromatic N) is 2. The van der Waals surface area contributed by atoms with Crippen molar-refractivity contribution in [2.75, 3.05) is 34.3 Å². The monoisotopic (exact) mass is 370 g/mol. The molecule has 138 valence electrons. The molecule has 2 rings (SSSR count). The summed E-state index contributed by atoms with van der Waals surface area (Å²) >= 11 is 0. The largest absolute Gasteiger partial charge is 0.496 e. The quantitative estimate of drug-likeness (QED) is 0.825. The van der Waals surface area contributed by atoms with E-state index in [0.29, 0.717) is 12.8 Å². The molecule has 1 fully saturated rings. The fourth-order valence-electron chi connectivity index (χ4n) is 2.77. The van der Waals surface area contributed by atoms with Gasteiger partial charge in [-0.05, 0) is 31.0 Å². The number of benzene rings is 1. The standard InChI is InChI=1S/C16H22N2O6S/c1-17(2)15(19)13-9-12(6-7-14(13)24-3)25(22,23)18-8-4-5-11(10-18)16(20)21/h6-7,9,11H,4-5,8,10H2,1-3H3,(H,20,21). The smallest absolute Gasteiger partial charge is 0.307 e. The summed E-state index contributed by atoms with van der Waals surface area (Å²) in [6, 6.07) is 4.08. The van der Waals surface area contributed by atoms with Gasteiger partial charge in [0.15, 0.2) is 0 Å². The average molecular weight is 370 g/mol. The summed E-state index contributed by atoms with van der Waals surface area (Å²) in [5, 5.41) is 9.15. The Balaban J connectivity index is 2.41. The first-order valence-electron chi connectivity index (χ1n) is 7.81. The minimum absolute atomic E-state index is 0.0514. The number of rotatable bonds is 5. The maximum Gasteiger partial charge on any atom is 0.307 e. The molecular weight excluding hydrogens is 348 g/mol. The Kier molecular flexibility index (Phi) is 5.69. The Hall–Kier alpha value is -2.13. The van der Waals surface area contributed by atoms with Gasteiger partial charge in [0.1, 0.15) is 5.75 Å². The second-order valence-electron chi connectivity index (χ2n) is 6.10. The SMILES string of the molecule is COc1ccc(S(=O)(=O)N2CCCC(C(=O)O)C2)cc1C(=O)N(C)C. The molecule has 0 bridgehead atoms. The lowest BCUT2D eigenvalue weighted by Gasteiger charge is -2.30. The molecule has 1 aliphatic heterocycles. The van der Waals surface area contributed by atoms with Gasteiger partial charge >= 0.3 is 5.97 Å². The van der Waals surface area contributed by atoms with Crippen LogP contribution in [0.2, 0.25) is 0 Å². The van der Waals surface area contributed by atoms with Crippen molar-refractivity contribution in [2.45, 2.75) is 17.7 Å². The van der Waals surface area contributed by atoms with Crippen LogP contribution in [0.1, 0.15) is 23.2 Å². The lowest BCUT2D eigenvalue weighted by atomic mass is 10.0. The Labute approximate surface area is 147 Å². The molecule has 0 spiro atoms. The lowest BCUT2D eigenvalue weighted by Crippen LogP contribution is -2.42. The molecule has 0 aromatic heterocycles. The molecule has 0 saturated carbocycles. The van der Waals surface area contributed by atoms with Crippen molar-refractivity contribution in [3.05, 3.63) is 23.8 Å². The summed E-state index contributed by atoms with van der Waals surface area (Å²) in [5.41, 5.74) is 0.139. The van der Waals surface area contributed by atoms with E-state index in [4.69, 9.17) is 9.84 Å². The van der Waals surface area contributed by atoms with Gasteiger partial charge in [-0.25, -0.2) is 8.42 Å². The predicted octanol–water partition coefficient (Wildman–Crippen LogP) is 0.882. The first-order chi connectivity index (χ1) is 11.7. The van der Waals surface area contributed by atoms with Gasteiger partial charge in [0.05, 0.1) is 23.5 Å². The Morgan fingerprint density at radius 1 is 1.32 bits per heavy atom. The van der Waals surface area contributed by atoms with Gasteiger partial charge in [-0.3, -0.25) is 9.59 Å². The molecule has 8 nitrogen and oxygen atoms in total. The summed E-state index contributed by atoms with van der Waals surface area (Å²) in [6.07, 6.45) is 0.935. The number of ether oxygens (including phenoxy) is 1. The molecule has 1 aromatic carbocycles. The van der Waals surface area contributed by atoms with Crippen LogP contribution in [0, 0.1) is 5.92 Å². The molecule has 0 radical (unpaired) electrons. The highest BCUT2D eigenvalue weighted by molar-refractivity contribution is 7.89. The van der Waals surface area contributed by atoms with Crippen LogP contribution in [0.4, 0.5) is 0 Å². The molecule has 1 atom stereocenters. The zero-order valence-electron chi connectivity index (χ0n) is 14.4. The number of carboxylic acids is 1. The summed E-state index contributed by atoms with van der Waals surface area (Å²) < 4.78 is 32.0.